The zero-order valence-electron chi connectivity index (χ0n) is 19.8. The van der Waals surface area contributed by atoms with Gasteiger partial charge in [-0.15, -0.1) is 0 Å². The first kappa shape index (κ1) is 23.6. The zero-order chi connectivity index (χ0) is 24.6. The topological polar surface area (TPSA) is 73.4 Å². The second kappa shape index (κ2) is 11.0. The van der Waals surface area contributed by atoms with Crippen molar-refractivity contribution >= 4 is 24.0 Å². The minimum Gasteiger partial charge on any atom is -0.497 e. The second-order valence-electron chi connectivity index (χ2n) is 7.65. The van der Waals surface area contributed by atoms with Gasteiger partial charge in [0, 0.05) is 35.2 Å². The van der Waals surface area contributed by atoms with Crippen LogP contribution >= 0.6 is 0 Å². The van der Waals surface area contributed by atoms with Crippen LogP contribution in [0.3, 0.4) is 0 Å². The van der Waals surface area contributed by atoms with Crippen LogP contribution in [0.5, 0.6) is 17.2 Å². The van der Waals surface area contributed by atoms with E-state index in [-0.39, 0.29) is 5.78 Å². The van der Waals surface area contributed by atoms with E-state index in [9.17, 15) is 4.79 Å². The molecule has 1 heterocycles. The predicted octanol–water partition coefficient (Wildman–Crippen LogP) is 6.17. The number of hydrogen-bond acceptors (Lipinski definition) is 5. The molecule has 0 fully saturated rings. The normalized spacial score (nSPS) is 11.2. The highest BCUT2D eigenvalue weighted by atomic mass is 16.5. The number of hydrogen-bond donors (Lipinski definition) is 1. The molecule has 1 N–H and O–H groups in total. The fourth-order valence-corrected chi connectivity index (χ4v) is 3.60. The Morgan fingerprint density at radius 1 is 0.829 bits per heavy atom. The van der Waals surface area contributed by atoms with Gasteiger partial charge in [-0.25, -0.2) is 4.98 Å². The van der Waals surface area contributed by atoms with E-state index in [0.717, 1.165) is 33.8 Å². The summed E-state index contributed by atoms with van der Waals surface area (Å²) >= 11 is 0. The molecule has 4 rings (SSSR count). The number of aromatic nitrogens is 2. The number of imidazole rings is 1. The van der Waals surface area contributed by atoms with Crippen molar-refractivity contribution in [1.29, 1.82) is 0 Å². The number of nitrogens with one attached hydrogen (secondary N) is 1. The van der Waals surface area contributed by atoms with Crippen LogP contribution in [0.25, 0.3) is 29.6 Å². The molecule has 6 nitrogen and oxygen atoms in total. The molecule has 176 valence electrons. The molecule has 0 bridgehead atoms. The molecule has 0 radical (unpaired) electrons. The van der Waals surface area contributed by atoms with Crippen LogP contribution in [-0.2, 0) is 0 Å². The van der Waals surface area contributed by atoms with Gasteiger partial charge in [-0.3, -0.25) is 4.79 Å². The molecule has 35 heavy (non-hydrogen) atoms. The summed E-state index contributed by atoms with van der Waals surface area (Å²) in [5, 5.41) is 0. The Labute approximate surface area is 204 Å². The Morgan fingerprint density at radius 2 is 1.57 bits per heavy atom. The average molecular weight is 467 g/mol. The van der Waals surface area contributed by atoms with Crippen LogP contribution in [0, 0.1) is 0 Å². The molecule has 0 saturated heterocycles. The first-order valence-electron chi connectivity index (χ1n) is 11.0. The smallest absolute Gasteiger partial charge is 0.185 e. The zero-order valence-corrected chi connectivity index (χ0v) is 19.8. The molecule has 1 aromatic heterocycles. The number of ketones is 1. The van der Waals surface area contributed by atoms with Crippen molar-refractivity contribution in [2.24, 2.45) is 0 Å². The van der Waals surface area contributed by atoms with Crippen LogP contribution in [-0.4, -0.2) is 37.1 Å². The molecule has 0 aliphatic heterocycles. The third-order valence-electron chi connectivity index (χ3n) is 5.52. The third kappa shape index (κ3) is 5.68. The number of ether oxygens (including phenoxy) is 3. The molecule has 0 amide bonds. The summed E-state index contributed by atoms with van der Waals surface area (Å²) in [6, 6.07) is 18.8. The molecular formula is C29H26N2O4. The van der Waals surface area contributed by atoms with E-state index >= 15 is 0 Å². The van der Waals surface area contributed by atoms with Gasteiger partial charge in [-0.2, -0.15) is 0 Å². The molecule has 0 aliphatic rings. The Bertz CT molecular complexity index is 1340. The highest BCUT2D eigenvalue weighted by molar-refractivity contribution is 6.07. The fourth-order valence-electron chi connectivity index (χ4n) is 3.60. The van der Waals surface area contributed by atoms with Gasteiger partial charge in [-0.05, 0) is 41.5 Å². The van der Waals surface area contributed by atoms with E-state index in [1.165, 1.54) is 0 Å². The minimum absolute atomic E-state index is 0.112. The number of nitrogens with zero attached hydrogens (tertiary/aromatic N) is 1. The maximum Gasteiger partial charge on any atom is 0.185 e. The summed E-state index contributed by atoms with van der Waals surface area (Å²) in [5.74, 6) is 2.71. The number of methoxy groups -OCH3 is 3. The van der Waals surface area contributed by atoms with Crippen LogP contribution in [0.1, 0.15) is 27.0 Å². The van der Waals surface area contributed by atoms with Crippen LogP contribution in [0.2, 0.25) is 0 Å². The van der Waals surface area contributed by atoms with Gasteiger partial charge in [-0.1, -0.05) is 48.6 Å². The summed E-state index contributed by atoms with van der Waals surface area (Å²) in [6.07, 6.45) is 10.7. The monoisotopic (exact) mass is 466 g/mol. The maximum atomic E-state index is 12.9. The largest absolute Gasteiger partial charge is 0.497 e. The number of rotatable bonds is 9. The lowest BCUT2D eigenvalue weighted by Crippen LogP contribution is -1.96. The number of aromatic amines is 1. The molecule has 0 aliphatic carbocycles. The summed E-state index contributed by atoms with van der Waals surface area (Å²) in [7, 11) is 4.84. The molecule has 0 saturated carbocycles. The molecule has 0 spiro atoms. The highest BCUT2D eigenvalue weighted by Gasteiger charge is 2.10. The van der Waals surface area contributed by atoms with Gasteiger partial charge in [0.25, 0.3) is 0 Å². The van der Waals surface area contributed by atoms with Crippen molar-refractivity contribution in [2.45, 2.75) is 0 Å². The standard InChI is InChI=1S/C29H26N2O4/c1-33-24-12-5-20(6-13-24)4-7-23-18-25(34-2)19-28(35-3)26(23)14-15-27(32)21-8-10-22(11-9-21)29-30-16-17-31-29/h4-19H,1-3H3,(H,30,31)/b7-4+,15-14+. The minimum atomic E-state index is -0.112. The Balaban J connectivity index is 1.62. The Morgan fingerprint density at radius 3 is 2.20 bits per heavy atom. The van der Waals surface area contributed by atoms with Crippen molar-refractivity contribution in [1.82, 2.24) is 9.97 Å². The number of carbonyl (C=O) groups excluding carboxylic acids is 1. The lowest BCUT2D eigenvalue weighted by molar-refractivity contribution is 0.104. The van der Waals surface area contributed by atoms with E-state index in [1.54, 1.807) is 64.1 Å². The first-order chi connectivity index (χ1) is 17.1. The van der Waals surface area contributed by atoms with Gasteiger partial charge in [0.15, 0.2) is 5.78 Å². The van der Waals surface area contributed by atoms with Gasteiger partial charge in [0.1, 0.15) is 23.1 Å². The van der Waals surface area contributed by atoms with Gasteiger partial charge < -0.3 is 19.2 Å². The average Bonchev–Trinajstić information content (AvgIpc) is 3.46. The van der Waals surface area contributed by atoms with Crippen molar-refractivity contribution < 1.29 is 19.0 Å². The number of H-pyrrole nitrogens is 1. The Kier molecular flexibility index (Phi) is 7.43. The predicted molar refractivity (Wildman–Crippen MR) is 139 cm³/mol. The summed E-state index contributed by atoms with van der Waals surface area (Å²) in [5.41, 5.74) is 4.14. The third-order valence-corrected chi connectivity index (χ3v) is 5.52. The van der Waals surface area contributed by atoms with Crippen LogP contribution in [0.4, 0.5) is 0 Å². The number of allylic oxidation sites excluding steroid dienone is 1. The molecule has 0 atom stereocenters. The van der Waals surface area contributed by atoms with Crippen molar-refractivity contribution in [2.75, 3.05) is 21.3 Å². The molecule has 3 aromatic carbocycles. The summed E-state index contributed by atoms with van der Waals surface area (Å²) in [6.45, 7) is 0. The summed E-state index contributed by atoms with van der Waals surface area (Å²) < 4.78 is 16.3. The maximum absolute atomic E-state index is 12.9. The van der Waals surface area contributed by atoms with Gasteiger partial charge >= 0.3 is 0 Å². The number of benzene rings is 3. The molecular weight excluding hydrogens is 440 g/mol. The van der Waals surface area contributed by atoms with Crippen molar-refractivity contribution in [3.05, 3.63) is 101 Å². The lowest BCUT2D eigenvalue weighted by atomic mass is 10.0. The number of carbonyl (C=O) groups is 1. The molecule has 6 heteroatoms. The van der Waals surface area contributed by atoms with Gasteiger partial charge in [0.2, 0.25) is 0 Å². The van der Waals surface area contributed by atoms with Crippen LogP contribution < -0.4 is 14.2 Å². The van der Waals surface area contributed by atoms with Gasteiger partial charge in [0.05, 0.1) is 21.3 Å². The molecule has 0 unspecified atom stereocenters. The lowest BCUT2D eigenvalue weighted by Gasteiger charge is -2.11. The Hall–Kier alpha value is -4.58. The van der Waals surface area contributed by atoms with E-state index in [2.05, 4.69) is 9.97 Å². The fraction of sp³-hybridized carbons (Fsp3) is 0.103. The quantitative estimate of drug-likeness (QED) is 0.181. The van der Waals surface area contributed by atoms with E-state index < -0.39 is 0 Å². The van der Waals surface area contributed by atoms with Crippen molar-refractivity contribution in [3.8, 4) is 28.6 Å². The highest BCUT2D eigenvalue weighted by Crippen LogP contribution is 2.31. The summed E-state index contributed by atoms with van der Waals surface area (Å²) in [4.78, 5) is 20.2. The molecule has 4 aromatic rings. The van der Waals surface area contributed by atoms with Crippen LogP contribution in [0.15, 0.2) is 79.1 Å². The van der Waals surface area contributed by atoms with Crippen molar-refractivity contribution in [3.63, 3.8) is 0 Å². The first-order valence-corrected chi connectivity index (χ1v) is 11.0. The second-order valence-corrected chi connectivity index (χ2v) is 7.65. The van der Waals surface area contributed by atoms with E-state index in [4.69, 9.17) is 14.2 Å². The van der Waals surface area contributed by atoms with E-state index in [1.807, 2.05) is 54.6 Å². The SMILES string of the molecule is COc1ccc(/C=C/c2cc(OC)cc(OC)c2/C=C/C(=O)c2ccc(-c3ncc[nH]3)cc2)cc1. The van der Waals surface area contributed by atoms with E-state index in [0.29, 0.717) is 17.1 Å².